The molecule has 0 aliphatic carbocycles. The first-order chi connectivity index (χ1) is 16.3. The summed E-state index contributed by atoms with van der Waals surface area (Å²) in [6, 6.07) is 6.02. The van der Waals surface area contributed by atoms with Gasteiger partial charge in [-0.25, -0.2) is 18.7 Å². The molecule has 5 rings (SSSR count). The van der Waals surface area contributed by atoms with E-state index in [4.69, 9.17) is 0 Å². The Hall–Kier alpha value is -4.26. The van der Waals surface area contributed by atoms with Gasteiger partial charge in [0.05, 0.1) is 11.8 Å². The second-order valence-electron chi connectivity index (χ2n) is 8.04. The van der Waals surface area contributed by atoms with Crippen molar-refractivity contribution in [3.8, 4) is 23.2 Å². The summed E-state index contributed by atoms with van der Waals surface area (Å²) < 4.78 is 32.1. The first kappa shape index (κ1) is 21.6. The van der Waals surface area contributed by atoms with Crippen molar-refractivity contribution in [2.24, 2.45) is 0 Å². The van der Waals surface area contributed by atoms with Gasteiger partial charge in [0.2, 0.25) is 5.78 Å². The SMILES string of the molecule is CCCn1c(=O)c2[nH]c(-c3cnn(CC#Cc4cccc(C(C)(F)F)c4)c3)nc2n2ccnc12. The molecule has 5 aromatic rings. The summed E-state index contributed by atoms with van der Waals surface area (Å²) in [4.78, 5) is 25.0. The topological polar surface area (TPSA) is 85.8 Å². The number of benzene rings is 1. The van der Waals surface area contributed by atoms with Crippen LogP contribution in [0.5, 0.6) is 0 Å². The average Bonchev–Trinajstić information content (AvgIpc) is 3.55. The Bertz CT molecular complexity index is 1620. The van der Waals surface area contributed by atoms with Gasteiger partial charge in [-0.15, -0.1) is 0 Å². The molecule has 0 radical (unpaired) electrons. The van der Waals surface area contributed by atoms with Crippen LogP contribution in [0.3, 0.4) is 0 Å². The van der Waals surface area contributed by atoms with Gasteiger partial charge in [0.15, 0.2) is 11.2 Å². The Kier molecular flexibility index (Phi) is 5.24. The molecule has 4 aromatic heterocycles. The van der Waals surface area contributed by atoms with E-state index in [9.17, 15) is 13.6 Å². The predicted octanol–water partition coefficient (Wildman–Crippen LogP) is 3.81. The summed E-state index contributed by atoms with van der Waals surface area (Å²) in [6.07, 6.45) is 7.61. The number of hydrogen-bond donors (Lipinski definition) is 1. The summed E-state index contributed by atoms with van der Waals surface area (Å²) in [7, 11) is 0. The number of alkyl halides is 2. The van der Waals surface area contributed by atoms with Gasteiger partial charge in [-0.1, -0.05) is 30.9 Å². The van der Waals surface area contributed by atoms with Gasteiger partial charge in [-0.05, 0) is 18.6 Å². The first-order valence-corrected chi connectivity index (χ1v) is 10.8. The van der Waals surface area contributed by atoms with Crippen LogP contribution >= 0.6 is 0 Å². The zero-order valence-corrected chi connectivity index (χ0v) is 18.6. The van der Waals surface area contributed by atoms with Crippen molar-refractivity contribution in [2.75, 3.05) is 0 Å². The molecular formula is C24H21F2N7O. The smallest absolute Gasteiger partial charge is 0.280 e. The number of aromatic nitrogens is 7. The van der Waals surface area contributed by atoms with E-state index in [-0.39, 0.29) is 17.7 Å². The molecule has 172 valence electrons. The number of fused-ring (bicyclic) bond motifs is 3. The minimum atomic E-state index is -2.91. The summed E-state index contributed by atoms with van der Waals surface area (Å²) >= 11 is 0. The normalized spacial score (nSPS) is 11.8. The van der Waals surface area contributed by atoms with Crippen LogP contribution < -0.4 is 5.56 Å². The highest BCUT2D eigenvalue weighted by molar-refractivity contribution is 5.77. The number of halogens is 2. The number of imidazole rings is 2. The fourth-order valence-electron chi connectivity index (χ4n) is 3.80. The standard InChI is InChI=1S/C24H21F2N7O/c1-3-10-33-22(34)19-21(32-12-9-27-23(32)33)30-20(29-19)17-14-28-31(15-17)11-5-7-16-6-4-8-18(13-16)24(2,25)26/h4,6,8-9,12-15H,3,10-11H2,1-2H3,(H,29,30). The molecule has 8 nitrogen and oxygen atoms in total. The lowest BCUT2D eigenvalue weighted by Gasteiger charge is -2.10. The van der Waals surface area contributed by atoms with Crippen LogP contribution in [0.4, 0.5) is 8.78 Å². The van der Waals surface area contributed by atoms with Crippen molar-refractivity contribution >= 4 is 16.9 Å². The molecule has 0 amide bonds. The van der Waals surface area contributed by atoms with E-state index in [2.05, 4.69) is 31.9 Å². The molecule has 0 fully saturated rings. The zero-order chi connectivity index (χ0) is 23.9. The number of rotatable bonds is 5. The molecule has 1 N–H and O–H groups in total. The van der Waals surface area contributed by atoms with Crippen molar-refractivity contribution < 1.29 is 8.78 Å². The van der Waals surface area contributed by atoms with Crippen LogP contribution in [-0.4, -0.2) is 33.7 Å². The lowest BCUT2D eigenvalue weighted by molar-refractivity contribution is 0.0174. The van der Waals surface area contributed by atoms with Crippen LogP contribution in [0.2, 0.25) is 0 Å². The molecule has 10 heteroatoms. The lowest BCUT2D eigenvalue weighted by atomic mass is 10.1. The lowest BCUT2D eigenvalue weighted by Crippen LogP contribution is -2.23. The van der Waals surface area contributed by atoms with E-state index in [1.54, 1.807) is 50.6 Å². The molecule has 0 aliphatic heterocycles. The van der Waals surface area contributed by atoms with Gasteiger partial charge in [-0.2, -0.15) is 5.10 Å². The van der Waals surface area contributed by atoms with Crippen molar-refractivity contribution in [3.63, 3.8) is 0 Å². The number of nitrogens with one attached hydrogen (secondary N) is 1. The monoisotopic (exact) mass is 461 g/mol. The maximum Gasteiger partial charge on any atom is 0.280 e. The number of aromatic amines is 1. The largest absolute Gasteiger partial charge is 0.332 e. The summed E-state index contributed by atoms with van der Waals surface area (Å²) in [5.41, 5.74) is 1.86. The maximum atomic E-state index is 13.5. The van der Waals surface area contributed by atoms with Crippen LogP contribution in [0.25, 0.3) is 28.3 Å². The third kappa shape index (κ3) is 3.85. The Balaban J connectivity index is 1.43. The molecule has 34 heavy (non-hydrogen) atoms. The average molecular weight is 461 g/mol. The van der Waals surface area contributed by atoms with E-state index in [0.29, 0.717) is 40.4 Å². The summed E-state index contributed by atoms with van der Waals surface area (Å²) in [5, 5.41) is 4.30. The van der Waals surface area contributed by atoms with E-state index < -0.39 is 5.92 Å². The number of H-pyrrole nitrogens is 1. The molecule has 0 bridgehead atoms. The second-order valence-corrected chi connectivity index (χ2v) is 8.04. The van der Waals surface area contributed by atoms with E-state index in [0.717, 1.165) is 13.3 Å². The molecule has 4 heterocycles. The Morgan fingerprint density at radius 2 is 2.12 bits per heavy atom. The third-order valence-electron chi connectivity index (χ3n) is 5.43. The Morgan fingerprint density at radius 1 is 1.26 bits per heavy atom. The molecule has 0 saturated heterocycles. The van der Waals surface area contributed by atoms with Crippen LogP contribution in [0.15, 0.2) is 53.8 Å². The third-order valence-corrected chi connectivity index (χ3v) is 5.43. The number of hydrogen-bond acceptors (Lipinski definition) is 4. The quantitative estimate of drug-likeness (QED) is 0.404. The molecule has 0 aliphatic rings. The van der Waals surface area contributed by atoms with Gasteiger partial charge in [0.1, 0.15) is 12.4 Å². The van der Waals surface area contributed by atoms with Gasteiger partial charge < -0.3 is 4.98 Å². The summed E-state index contributed by atoms with van der Waals surface area (Å²) in [5.74, 6) is 3.99. The molecule has 0 saturated carbocycles. The fourth-order valence-corrected chi connectivity index (χ4v) is 3.80. The van der Waals surface area contributed by atoms with Gasteiger partial charge in [0, 0.05) is 43.2 Å². The highest BCUT2D eigenvalue weighted by atomic mass is 19.3. The Labute approximate surface area is 192 Å². The van der Waals surface area contributed by atoms with Crippen LogP contribution in [-0.2, 0) is 19.0 Å². The van der Waals surface area contributed by atoms with Crippen molar-refractivity contribution in [3.05, 3.63) is 70.5 Å². The fraction of sp³-hybridized carbons (Fsp3) is 0.250. The molecular weight excluding hydrogens is 440 g/mol. The highest BCUT2D eigenvalue weighted by Crippen LogP contribution is 2.27. The maximum absolute atomic E-state index is 13.5. The Morgan fingerprint density at radius 3 is 2.91 bits per heavy atom. The summed E-state index contributed by atoms with van der Waals surface area (Å²) in [6.45, 7) is 3.68. The van der Waals surface area contributed by atoms with Crippen LogP contribution in [0, 0.1) is 11.8 Å². The highest BCUT2D eigenvalue weighted by Gasteiger charge is 2.23. The molecule has 0 unspecified atom stereocenters. The molecule has 0 atom stereocenters. The van der Waals surface area contributed by atoms with E-state index in [1.165, 1.54) is 12.1 Å². The molecule has 0 spiro atoms. The van der Waals surface area contributed by atoms with Crippen molar-refractivity contribution in [1.82, 2.24) is 33.7 Å². The number of nitrogens with zero attached hydrogens (tertiary/aromatic N) is 6. The molecule has 1 aromatic carbocycles. The van der Waals surface area contributed by atoms with E-state index >= 15 is 0 Å². The number of aryl methyl sites for hydroxylation is 1. The van der Waals surface area contributed by atoms with Crippen molar-refractivity contribution in [2.45, 2.75) is 39.3 Å². The zero-order valence-electron chi connectivity index (χ0n) is 18.6. The van der Waals surface area contributed by atoms with Gasteiger partial charge in [0.25, 0.3) is 11.5 Å². The predicted molar refractivity (Wildman–Crippen MR) is 124 cm³/mol. The first-order valence-electron chi connectivity index (χ1n) is 10.8. The minimum Gasteiger partial charge on any atom is -0.332 e. The van der Waals surface area contributed by atoms with Gasteiger partial charge in [-0.3, -0.25) is 18.4 Å². The van der Waals surface area contributed by atoms with Crippen molar-refractivity contribution in [1.29, 1.82) is 0 Å². The second kappa shape index (κ2) is 8.26. The van der Waals surface area contributed by atoms with Crippen LogP contribution in [0.1, 0.15) is 31.4 Å². The minimum absolute atomic E-state index is 0.0736. The van der Waals surface area contributed by atoms with E-state index in [1.807, 2.05) is 6.92 Å². The van der Waals surface area contributed by atoms with Gasteiger partial charge >= 0.3 is 0 Å².